The summed E-state index contributed by atoms with van der Waals surface area (Å²) in [5.41, 5.74) is 0.432. The number of sulfonamides is 1. The van der Waals surface area contributed by atoms with E-state index in [1.165, 1.54) is 7.11 Å². The fourth-order valence-corrected chi connectivity index (χ4v) is 3.96. The first kappa shape index (κ1) is 15.9. The van der Waals surface area contributed by atoms with Gasteiger partial charge in [0.05, 0.1) is 25.7 Å². The maximum atomic E-state index is 12.3. The zero-order valence-corrected chi connectivity index (χ0v) is 13.2. The molecule has 0 bridgehead atoms. The predicted molar refractivity (Wildman–Crippen MR) is 82.5 cm³/mol. The van der Waals surface area contributed by atoms with Crippen LogP contribution < -0.4 is 19.5 Å². The molecule has 21 heavy (non-hydrogen) atoms. The maximum Gasteiger partial charge on any atom is 0.233 e. The zero-order valence-electron chi connectivity index (χ0n) is 12.4. The Morgan fingerprint density at radius 2 is 2.14 bits per heavy atom. The van der Waals surface area contributed by atoms with Crippen LogP contribution in [0.5, 0.6) is 11.5 Å². The summed E-state index contributed by atoms with van der Waals surface area (Å²) in [5.74, 6) is 1.33. The third-order valence-corrected chi connectivity index (χ3v) is 4.97. The van der Waals surface area contributed by atoms with Gasteiger partial charge in [0.1, 0.15) is 11.5 Å². The lowest BCUT2D eigenvalue weighted by Crippen LogP contribution is -2.35. The van der Waals surface area contributed by atoms with Crippen LogP contribution >= 0.6 is 0 Å². The molecule has 118 valence electrons. The van der Waals surface area contributed by atoms with E-state index in [0.29, 0.717) is 17.2 Å². The highest BCUT2D eigenvalue weighted by molar-refractivity contribution is 7.92. The Balaban J connectivity index is 2.08. The van der Waals surface area contributed by atoms with Crippen molar-refractivity contribution in [3.63, 3.8) is 0 Å². The fraction of sp³-hybridized carbons (Fsp3) is 0.571. The largest absolute Gasteiger partial charge is 0.497 e. The molecule has 1 aliphatic rings. The number of ether oxygens (including phenoxy) is 2. The van der Waals surface area contributed by atoms with Crippen molar-refractivity contribution in [1.82, 2.24) is 5.32 Å². The lowest BCUT2D eigenvalue weighted by Gasteiger charge is -2.23. The van der Waals surface area contributed by atoms with Gasteiger partial charge in [-0.15, -0.1) is 0 Å². The quantitative estimate of drug-likeness (QED) is 0.831. The molecule has 1 aliphatic heterocycles. The van der Waals surface area contributed by atoms with E-state index in [9.17, 15) is 8.42 Å². The van der Waals surface area contributed by atoms with Crippen molar-refractivity contribution in [3.8, 4) is 11.5 Å². The third kappa shape index (κ3) is 4.50. The summed E-state index contributed by atoms with van der Waals surface area (Å²) in [5, 5.41) is 3.23. The molecule has 2 N–H and O–H groups in total. The molecule has 1 unspecified atom stereocenters. The van der Waals surface area contributed by atoms with Gasteiger partial charge in [0, 0.05) is 6.07 Å². The summed E-state index contributed by atoms with van der Waals surface area (Å²) in [6.45, 7) is 1.72. The Morgan fingerprint density at radius 3 is 2.76 bits per heavy atom. The van der Waals surface area contributed by atoms with E-state index < -0.39 is 10.0 Å². The van der Waals surface area contributed by atoms with Gasteiger partial charge in [-0.1, -0.05) is 0 Å². The average molecular weight is 314 g/mol. The van der Waals surface area contributed by atoms with Crippen LogP contribution in [0.4, 0.5) is 5.69 Å². The Hall–Kier alpha value is -1.47. The van der Waals surface area contributed by atoms with Gasteiger partial charge in [0.2, 0.25) is 10.0 Å². The summed E-state index contributed by atoms with van der Waals surface area (Å²) >= 11 is 0. The number of hydrogen-bond donors (Lipinski definition) is 2. The van der Waals surface area contributed by atoms with Crippen LogP contribution in [0.15, 0.2) is 18.2 Å². The summed E-state index contributed by atoms with van der Waals surface area (Å²) in [4.78, 5) is 0. The van der Waals surface area contributed by atoms with Gasteiger partial charge < -0.3 is 14.8 Å². The number of rotatable bonds is 6. The standard InChI is InChI=1S/C14H22N2O4S/c1-19-12-5-6-13(14(8-12)20-2)16-21(17,18)10-11-4-3-7-15-9-11/h5-6,8,11,15-16H,3-4,7,9-10H2,1-2H3. The molecule has 1 saturated heterocycles. The highest BCUT2D eigenvalue weighted by atomic mass is 32.2. The normalized spacial score (nSPS) is 19.0. The summed E-state index contributed by atoms with van der Waals surface area (Å²) < 4.78 is 37.4. The summed E-state index contributed by atoms with van der Waals surface area (Å²) in [6.07, 6.45) is 1.96. The van der Waals surface area contributed by atoms with Crippen molar-refractivity contribution in [2.24, 2.45) is 5.92 Å². The molecule has 2 rings (SSSR count). The minimum Gasteiger partial charge on any atom is -0.497 e. The minimum absolute atomic E-state index is 0.120. The van der Waals surface area contributed by atoms with Crippen LogP contribution in [0.1, 0.15) is 12.8 Å². The molecule has 1 aromatic rings. The lowest BCUT2D eigenvalue weighted by atomic mass is 10.0. The van der Waals surface area contributed by atoms with E-state index in [4.69, 9.17) is 9.47 Å². The minimum atomic E-state index is -3.40. The molecule has 0 aliphatic carbocycles. The smallest absolute Gasteiger partial charge is 0.233 e. The summed E-state index contributed by atoms with van der Waals surface area (Å²) in [7, 11) is -0.349. The van der Waals surface area contributed by atoms with Crippen molar-refractivity contribution in [2.45, 2.75) is 12.8 Å². The second-order valence-electron chi connectivity index (χ2n) is 5.16. The molecule has 1 atom stereocenters. The Morgan fingerprint density at radius 1 is 1.33 bits per heavy atom. The molecule has 6 nitrogen and oxygen atoms in total. The van der Waals surface area contributed by atoms with Crippen molar-refractivity contribution < 1.29 is 17.9 Å². The number of benzene rings is 1. The number of nitrogens with one attached hydrogen (secondary N) is 2. The van der Waals surface area contributed by atoms with Gasteiger partial charge in [0.15, 0.2) is 0 Å². The van der Waals surface area contributed by atoms with Crippen molar-refractivity contribution in [1.29, 1.82) is 0 Å². The molecule has 7 heteroatoms. The molecule has 0 amide bonds. The zero-order chi connectivity index (χ0) is 15.3. The van der Waals surface area contributed by atoms with Crippen LogP contribution in [0, 0.1) is 5.92 Å². The van der Waals surface area contributed by atoms with Crippen LogP contribution in [-0.4, -0.2) is 41.5 Å². The fourth-order valence-electron chi connectivity index (χ4n) is 2.47. The van der Waals surface area contributed by atoms with Crippen molar-refractivity contribution in [2.75, 3.05) is 37.8 Å². The Bertz CT molecular complexity index is 568. The van der Waals surface area contributed by atoms with Crippen LogP contribution in [0.3, 0.4) is 0 Å². The molecule has 1 heterocycles. The first-order valence-electron chi connectivity index (χ1n) is 6.97. The molecule has 0 radical (unpaired) electrons. The van der Waals surface area contributed by atoms with E-state index in [0.717, 1.165) is 25.9 Å². The van der Waals surface area contributed by atoms with Gasteiger partial charge >= 0.3 is 0 Å². The highest BCUT2D eigenvalue weighted by Gasteiger charge is 2.22. The predicted octanol–water partition coefficient (Wildman–Crippen LogP) is 1.45. The topological polar surface area (TPSA) is 76.7 Å². The number of methoxy groups -OCH3 is 2. The molecule has 1 fully saturated rings. The van der Waals surface area contributed by atoms with Gasteiger partial charge in [-0.05, 0) is 44.0 Å². The van der Waals surface area contributed by atoms with Crippen LogP contribution in [-0.2, 0) is 10.0 Å². The van der Waals surface area contributed by atoms with Gasteiger partial charge in [-0.3, -0.25) is 4.72 Å². The van der Waals surface area contributed by atoms with E-state index in [1.807, 2.05) is 0 Å². The molecule has 0 spiro atoms. The van der Waals surface area contributed by atoms with Crippen molar-refractivity contribution >= 4 is 15.7 Å². The number of piperidine rings is 1. The van der Waals surface area contributed by atoms with Gasteiger partial charge in [-0.2, -0.15) is 0 Å². The Labute approximate surface area is 125 Å². The molecule has 0 saturated carbocycles. The highest BCUT2D eigenvalue weighted by Crippen LogP contribution is 2.30. The molecular formula is C14H22N2O4S. The summed E-state index contributed by atoms with van der Waals surface area (Å²) in [6, 6.07) is 5.00. The molecular weight excluding hydrogens is 292 g/mol. The number of anilines is 1. The SMILES string of the molecule is COc1ccc(NS(=O)(=O)CC2CCCNC2)c(OC)c1. The van der Waals surface area contributed by atoms with E-state index in [-0.39, 0.29) is 11.7 Å². The molecule has 1 aromatic carbocycles. The van der Waals surface area contributed by atoms with Gasteiger partial charge in [-0.25, -0.2) is 8.42 Å². The maximum absolute atomic E-state index is 12.3. The van der Waals surface area contributed by atoms with E-state index in [2.05, 4.69) is 10.0 Å². The van der Waals surface area contributed by atoms with E-state index >= 15 is 0 Å². The third-order valence-electron chi connectivity index (χ3n) is 3.53. The Kier molecular flexibility index (Phi) is 5.30. The second-order valence-corrected chi connectivity index (χ2v) is 6.93. The van der Waals surface area contributed by atoms with Crippen LogP contribution in [0.25, 0.3) is 0 Å². The lowest BCUT2D eigenvalue weighted by molar-refractivity contribution is 0.395. The first-order valence-corrected chi connectivity index (χ1v) is 8.62. The first-order chi connectivity index (χ1) is 10.0. The van der Waals surface area contributed by atoms with E-state index in [1.54, 1.807) is 25.3 Å². The number of hydrogen-bond acceptors (Lipinski definition) is 5. The average Bonchev–Trinajstić information content (AvgIpc) is 2.47. The monoisotopic (exact) mass is 314 g/mol. The van der Waals surface area contributed by atoms with Gasteiger partial charge in [0.25, 0.3) is 0 Å². The van der Waals surface area contributed by atoms with Crippen molar-refractivity contribution in [3.05, 3.63) is 18.2 Å². The second kappa shape index (κ2) is 7.00. The van der Waals surface area contributed by atoms with Crippen LogP contribution in [0.2, 0.25) is 0 Å². The molecule has 0 aromatic heterocycles.